The number of halogens is 1. The van der Waals surface area contributed by atoms with Crippen molar-refractivity contribution >= 4 is 30.4 Å². The summed E-state index contributed by atoms with van der Waals surface area (Å²) >= 11 is 1.81. The molecule has 0 bridgehead atoms. The summed E-state index contributed by atoms with van der Waals surface area (Å²) in [6.07, 6.45) is 12.1. The number of hydrogen-bond acceptors (Lipinski definition) is 2. The van der Waals surface area contributed by atoms with Gasteiger partial charge in [-0.15, -0.1) is 24.2 Å². The molecule has 2 aliphatic heterocycles. The van der Waals surface area contributed by atoms with E-state index < -0.39 is 0 Å². The molecule has 0 saturated heterocycles. The Morgan fingerprint density at radius 1 is 1.23 bits per heavy atom. The molecule has 68 valence electrons. The normalized spacial score (nSPS) is 19.1. The maximum Gasteiger partial charge on any atom is 0.0273 e. The average Bonchev–Trinajstić information content (AvgIpc) is 2.38. The molecule has 0 unspecified atom stereocenters. The highest BCUT2D eigenvalue weighted by atomic mass is 35.5. The SMILES string of the molecule is C1=CC2=CCSC=CC2=CC=N1.Cl. The van der Waals surface area contributed by atoms with Crippen LogP contribution in [0.4, 0.5) is 0 Å². The zero-order chi connectivity index (χ0) is 8.23. The summed E-state index contributed by atoms with van der Waals surface area (Å²) in [5, 5.41) is 2.13. The van der Waals surface area contributed by atoms with Crippen LogP contribution in [0.1, 0.15) is 0 Å². The molecule has 13 heavy (non-hydrogen) atoms. The standard InChI is InChI=1S/C10H9NS.ClH/c1-5-11-6-2-10-4-8-12-7-3-9(1)10;/h1-7H,8H2;1H. The first-order chi connectivity index (χ1) is 5.97. The Balaban J connectivity index is 0.000000845. The predicted octanol–water partition coefficient (Wildman–Crippen LogP) is 3.12. The molecule has 2 aliphatic rings. The van der Waals surface area contributed by atoms with E-state index >= 15 is 0 Å². The van der Waals surface area contributed by atoms with E-state index in [1.54, 1.807) is 0 Å². The number of rotatable bonds is 0. The average molecular weight is 212 g/mol. The van der Waals surface area contributed by atoms with Crippen molar-refractivity contribution in [1.29, 1.82) is 0 Å². The van der Waals surface area contributed by atoms with Gasteiger partial charge in [0.25, 0.3) is 0 Å². The first kappa shape index (κ1) is 10.4. The Morgan fingerprint density at radius 3 is 3.08 bits per heavy atom. The topological polar surface area (TPSA) is 12.4 Å². The summed E-state index contributed by atoms with van der Waals surface area (Å²) in [5.74, 6) is 1.05. The first-order valence-corrected chi connectivity index (χ1v) is 4.90. The van der Waals surface area contributed by atoms with E-state index in [4.69, 9.17) is 0 Å². The van der Waals surface area contributed by atoms with Gasteiger partial charge in [-0.05, 0) is 34.8 Å². The molecule has 0 radical (unpaired) electrons. The lowest BCUT2D eigenvalue weighted by atomic mass is 10.1. The van der Waals surface area contributed by atoms with Crippen LogP contribution in [0.15, 0.2) is 52.1 Å². The van der Waals surface area contributed by atoms with Gasteiger partial charge in [0, 0.05) is 18.2 Å². The molecule has 1 nitrogen and oxygen atoms in total. The van der Waals surface area contributed by atoms with Crippen molar-refractivity contribution < 1.29 is 0 Å². The Morgan fingerprint density at radius 2 is 2.15 bits per heavy atom. The first-order valence-electron chi connectivity index (χ1n) is 3.85. The zero-order valence-corrected chi connectivity index (χ0v) is 8.65. The van der Waals surface area contributed by atoms with Crippen molar-refractivity contribution in [3.8, 4) is 0 Å². The summed E-state index contributed by atoms with van der Waals surface area (Å²) in [4.78, 5) is 4.06. The fraction of sp³-hybridized carbons (Fsp3) is 0.100. The van der Waals surface area contributed by atoms with Gasteiger partial charge in [0.1, 0.15) is 0 Å². The van der Waals surface area contributed by atoms with Gasteiger partial charge < -0.3 is 0 Å². The molecule has 0 atom stereocenters. The van der Waals surface area contributed by atoms with E-state index in [9.17, 15) is 0 Å². The van der Waals surface area contributed by atoms with Crippen LogP contribution >= 0.6 is 24.2 Å². The van der Waals surface area contributed by atoms with Gasteiger partial charge >= 0.3 is 0 Å². The van der Waals surface area contributed by atoms with Crippen LogP contribution in [0, 0.1) is 0 Å². The number of nitrogens with zero attached hydrogens (tertiary/aromatic N) is 1. The second-order valence-electron chi connectivity index (χ2n) is 2.53. The zero-order valence-electron chi connectivity index (χ0n) is 7.01. The minimum absolute atomic E-state index is 0. The quantitative estimate of drug-likeness (QED) is 0.600. The van der Waals surface area contributed by atoms with Crippen molar-refractivity contribution in [3.05, 3.63) is 47.1 Å². The fourth-order valence-corrected chi connectivity index (χ4v) is 1.77. The molecule has 2 rings (SSSR count). The molecule has 0 aliphatic carbocycles. The second-order valence-corrected chi connectivity index (χ2v) is 3.47. The summed E-state index contributed by atoms with van der Waals surface area (Å²) < 4.78 is 0. The molecule has 3 heteroatoms. The van der Waals surface area contributed by atoms with Crippen LogP contribution in [0.2, 0.25) is 0 Å². The summed E-state index contributed by atoms with van der Waals surface area (Å²) in [6.45, 7) is 0. The largest absolute Gasteiger partial charge is 0.265 e. The lowest BCUT2D eigenvalue weighted by molar-refractivity contribution is 1.52. The second kappa shape index (κ2) is 5.10. The number of allylic oxidation sites excluding steroid dienone is 5. The summed E-state index contributed by atoms with van der Waals surface area (Å²) in [5.41, 5.74) is 2.52. The minimum Gasteiger partial charge on any atom is -0.265 e. The maximum absolute atomic E-state index is 4.06. The van der Waals surface area contributed by atoms with Gasteiger partial charge in [0.2, 0.25) is 0 Å². The highest BCUT2D eigenvalue weighted by Gasteiger charge is 2.01. The third kappa shape index (κ3) is 2.61. The molecule has 0 amide bonds. The Kier molecular flexibility index (Phi) is 4.06. The van der Waals surface area contributed by atoms with Crippen LogP contribution in [-0.2, 0) is 0 Å². The van der Waals surface area contributed by atoms with E-state index in [0.29, 0.717) is 0 Å². The lowest BCUT2D eigenvalue weighted by Gasteiger charge is -1.97. The van der Waals surface area contributed by atoms with Gasteiger partial charge in [-0.25, -0.2) is 0 Å². The highest BCUT2D eigenvalue weighted by Crippen LogP contribution is 2.21. The van der Waals surface area contributed by atoms with Gasteiger partial charge in [-0.1, -0.05) is 6.08 Å². The van der Waals surface area contributed by atoms with Crippen LogP contribution in [-0.4, -0.2) is 12.0 Å². The van der Waals surface area contributed by atoms with E-state index in [0.717, 1.165) is 5.75 Å². The third-order valence-corrected chi connectivity index (χ3v) is 2.44. The van der Waals surface area contributed by atoms with Gasteiger partial charge in [0.05, 0.1) is 0 Å². The van der Waals surface area contributed by atoms with Gasteiger partial charge in [-0.3, -0.25) is 4.99 Å². The van der Waals surface area contributed by atoms with Crippen molar-refractivity contribution in [2.45, 2.75) is 0 Å². The van der Waals surface area contributed by atoms with Crippen molar-refractivity contribution in [3.63, 3.8) is 0 Å². The molecular formula is C10H10ClNS. The summed E-state index contributed by atoms with van der Waals surface area (Å²) in [7, 11) is 0. The Labute approximate surface area is 88.4 Å². The molecule has 0 N–H and O–H groups in total. The maximum atomic E-state index is 4.06. The van der Waals surface area contributed by atoms with E-state index in [1.807, 2.05) is 36.3 Å². The highest BCUT2D eigenvalue weighted by molar-refractivity contribution is 8.02. The molecule has 0 spiro atoms. The molecule has 0 aromatic heterocycles. The number of aliphatic imine (C=N–C) groups is 1. The number of thioether (sulfide) groups is 1. The van der Waals surface area contributed by atoms with Gasteiger partial charge in [-0.2, -0.15) is 0 Å². The molecule has 0 aromatic rings. The lowest BCUT2D eigenvalue weighted by Crippen LogP contribution is -1.81. The van der Waals surface area contributed by atoms with E-state index in [2.05, 4.69) is 22.6 Å². The van der Waals surface area contributed by atoms with Crippen LogP contribution < -0.4 is 0 Å². The van der Waals surface area contributed by atoms with E-state index in [-0.39, 0.29) is 12.4 Å². The van der Waals surface area contributed by atoms with E-state index in [1.165, 1.54) is 11.1 Å². The molecule has 0 aromatic carbocycles. The van der Waals surface area contributed by atoms with Crippen LogP contribution in [0.5, 0.6) is 0 Å². The molecule has 0 fully saturated rings. The monoisotopic (exact) mass is 211 g/mol. The van der Waals surface area contributed by atoms with Crippen LogP contribution in [0.3, 0.4) is 0 Å². The third-order valence-electron chi connectivity index (χ3n) is 1.76. The van der Waals surface area contributed by atoms with Crippen molar-refractivity contribution in [1.82, 2.24) is 0 Å². The number of fused-ring (bicyclic) bond motifs is 1. The summed E-state index contributed by atoms with van der Waals surface area (Å²) in [6, 6.07) is 0. The fourth-order valence-electron chi connectivity index (χ4n) is 1.14. The predicted molar refractivity (Wildman–Crippen MR) is 62.6 cm³/mol. The van der Waals surface area contributed by atoms with Crippen LogP contribution in [0.25, 0.3) is 0 Å². The van der Waals surface area contributed by atoms with Gasteiger partial charge in [0.15, 0.2) is 0 Å². The minimum atomic E-state index is 0. The molecule has 2 heterocycles. The molecule has 0 saturated carbocycles. The smallest absolute Gasteiger partial charge is 0.0273 e. The molecular weight excluding hydrogens is 202 g/mol. The van der Waals surface area contributed by atoms with Crippen molar-refractivity contribution in [2.75, 3.05) is 5.75 Å². The Hall–Kier alpha value is -0.730. The van der Waals surface area contributed by atoms with Crippen molar-refractivity contribution in [2.24, 2.45) is 4.99 Å². The number of hydrogen-bond donors (Lipinski definition) is 0. The Bertz CT molecular complexity index is 324.